The number of pyridine rings is 1. The number of rotatable bonds is 2. The van der Waals surface area contributed by atoms with Crippen LogP contribution in [0.5, 0.6) is 0 Å². The van der Waals surface area contributed by atoms with Crippen LogP contribution in [0, 0.1) is 6.92 Å². The van der Waals surface area contributed by atoms with Gasteiger partial charge in [0.15, 0.2) is 11.5 Å². The molecule has 0 bridgehead atoms. The van der Waals surface area contributed by atoms with Gasteiger partial charge >= 0.3 is 0 Å². The van der Waals surface area contributed by atoms with Gasteiger partial charge in [-0.25, -0.2) is 15.0 Å². The highest BCUT2D eigenvalue weighted by Gasteiger charge is 2.09. The van der Waals surface area contributed by atoms with Gasteiger partial charge in [-0.2, -0.15) is 0 Å². The fourth-order valence-corrected chi connectivity index (χ4v) is 2.28. The highest BCUT2D eigenvalue weighted by Crippen LogP contribution is 2.21. The van der Waals surface area contributed by atoms with E-state index in [2.05, 4.69) is 19.9 Å². The number of hydrogen-bond donors (Lipinski definition) is 2. The Morgan fingerprint density at radius 3 is 2.94 bits per heavy atom. The number of imidazole rings is 1. The third-order valence-corrected chi connectivity index (χ3v) is 3.33. The number of nitrogens with zero attached hydrogens (tertiary/aromatic N) is 3. The number of aromatic nitrogens is 4. The highest BCUT2D eigenvalue weighted by molar-refractivity contribution is 7.09. The molecule has 0 fully saturated rings. The lowest BCUT2D eigenvalue weighted by molar-refractivity contribution is 1.04. The number of aryl methyl sites for hydroxylation is 1. The molecule has 0 amide bonds. The van der Waals surface area contributed by atoms with Gasteiger partial charge in [-0.3, -0.25) is 0 Å². The first kappa shape index (κ1) is 10.4. The Labute approximate surface area is 102 Å². The van der Waals surface area contributed by atoms with Crippen LogP contribution in [-0.2, 0) is 6.54 Å². The van der Waals surface area contributed by atoms with E-state index in [9.17, 15) is 0 Å². The maximum Gasteiger partial charge on any atom is 0.178 e. The lowest BCUT2D eigenvalue weighted by atomic mass is 10.3. The molecule has 3 rings (SSSR count). The molecule has 0 aliphatic heterocycles. The van der Waals surface area contributed by atoms with Crippen LogP contribution in [0.4, 0.5) is 0 Å². The molecule has 17 heavy (non-hydrogen) atoms. The van der Waals surface area contributed by atoms with E-state index < -0.39 is 0 Å². The van der Waals surface area contributed by atoms with Crippen molar-refractivity contribution in [3.8, 4) is 11.5 Å². The van der Waals surface area contributed by atoms with Crippen LogP contribution < -0.4 is 5.73 Å². The smallest absolute Gasteiger partial charge is 0.178 e. The SMILES string of the molecule is Cc1ccc2[nH]c(-c3csc(CN)n3)nc2n1. The minimum Gasteiger partial charge on any atom is -0.335 e. The van der Waals surface area contributed by atoms with Crippen LogP contribution in [0.15, 0.2) is 17.5 Å². The van der Waals surface area contributed by atoms with Gasteiger partial charge in [-0.05, 0) is 19.1 Å². The molecule has 3 heterocycles. The second-order valence-electron chi connectivity index (χ2n) is 3.74. The van der Waals surface area contributed by atoms with Gasteiger partial charge in [0, 0.05) is 17.6 Å². The monoisotopic (exact) mass is 245 g/mol. The third kappa shape index (κ3) is 1.81. The predicted octanol–water partition coefficient (Wildman–Crippen LogP) is 1.85. The maximum atomic E-state index is 5.54. The number of fused-ring (bicyclic) bond motifs is 1. The molecule has 0 atom stereocenters. The first-order valence-corrected chi connectivity index (χ1v) is 6.12. The van der Waals surface area contributed by atoms with Gasteiger partial charge in [-0.1, -0.05) is 0 Å². The highest BCUT2D eigenvalue weighted by atomic mass is 32.1. The Morgan fingerprint density at radius 1 is 1.29 bits per heavy atom. The van der Waals surface area contributed by atoms with Crippen molar-refractivity contribution in [1.29, 1.82) is 0 Å². The zero-order valence-corrected chi connectivity index (χ0v) is 10.1. The van der Waals surface area contributed by atoms with Crippen LogP contribution in [0.25, 0.3) is 22.7 Å². The van der Waals surface area contributed by atoms with E-state index in [0.717, 1.165) is 33.4 Å². The van der Waals surface area contributed by atoms with Crippen molar-refractivity contribution in [2.75, 3.05) is 0 Å². The average Bonchev–Trinajstić information content (AvgIpc) is 2.93. The Morgan fingerprint density at radius 2 is 2.18 bits per heavy atom. The fraction of sp³-hybridized carbons (Fsp3) is 0.182. The molecule has 0 aromatic carbocycles. The molecule has 0 saturated heterocycles. The van der Waals surface area contributed by atoms with Crippen LogP contribution >= 0.6 is 11.3 Å². The Bertz CT molecular complexity index is 669. The third-order valence-electron chi connectivity index (χ3n) is 2.45. The predicted molar refractivity (Wildman–Crippen MR) is 67.6 cm³/mol. The van der Waals surface area contributed by atoms with Gasteiger partial charge < -0.3 is 10.7 Å². The molecule has 0 spiro atoms. The Balaban J connectivity index is 2.11. The second-order valence-corrected chi connectivity index (χ2v) is 4.68. The summed E-state index contributed by atoms with van der Waals surface area (Å²) in [6.07, 6.45) is 0. The molecule has 6 heteroatoms. The van der Waals surface area contributed by atoms with E-state index in [1.54, 1.807) is 11.3 Å². The summed E-state index contributed by atoms with van der Waals surface area (Å²) < 4.78 is 0. The molecular weight excluding hydrogens is 234 g/mol. The molecule has 3 aromatic heterocycles. The summed E-state index contributed by atoms with van der Waals surface area (Å²) in [5.41, 5.74) is 8.97. The van der Waals surface area contributed by atoms with Crippen molar-refractivity contribution in [2.45, 2.75) is 13.5 Å². The van der Waals surface area contributed by atoms with Gasteiger partial charge in [0.25, 0.3) is 0 Å². The van der Waals surface area contributed by atoms with Gasteiger partial charge in [-0.15, -0.1) is 11.3 Å². The van der Waals surface area contributed by atoms with Crippen LogP contribution in [0.3, 0.4) is 0 Å². The molecule has 3 aromatic rings. The molecule has 86 valence electrons. The fourth-order valence-electron chi connectivity index (χ4n) is 1.62. The average molecular weight is 245 g/mol. The largest absolute Gasteiger partial charge is 0.335 e. The van der Waals surface area contributed by atoms with Crippen LogP contribution in [0.2, 0.25) is 0 Å². The number of nitrogens with two attached hydrogens (primary N) is 1. The Hall–Kier alpha value is -1.79. The summed E-state index contributed by atoms with van der Waals surface area (Å²) in [4.78, 5) is 16.4. The molecule has 0 unspecified atom stereocenters. The summed E-state index contributed by atoms with van der Waals surface area (Å²) in [6.45, 7) is 2.41. The zero-order chi connectivity index (χ0) is 11.8. The molecule has 5 nitrogen and oxygen atoms in total. The number of nitrogens with one attached hydrogen (secondary N) is 1. The molecule has 3 N–H and O–H groups in total. The molecule has 0 radical (unpaired) electrons. The van der Waals surface area contributed by atoms with Crippen molar-refractivity contribution >= 4 is 22.5 Å². The standard InChI is InChI=1S/C11H11N5S/c1-6-2-3-7-10(13-6)16-11(15-7)8-5-17-9(4-12)14-8/h2-3,5H,4,12H2,1H3,(H,13,15,16). The summed E-state index contributed by atoms with van der Waals surface area (Å²) in [5, 5.41) is 2.86. The van der Waals surface area contributed by atoms with Gasteiger partial charge in [0.1, 0.15) is 10.7 Å². The molecule has 0 aliphatic carbocycles. The van der Waals surface area contributed by atoms with Gasteiger partial charge in [0.05, 0.1) is 5.52 Å². The first-order valence-electron chi connectivity index (χ1n) is 5.24. The van der Waals surface area contributed by atoms with Crippen LogP contribution in [0.1, 0.15) is 10.7 Å². The summed E-state index contributed by atoms with van der Waals surface area (Å²) >= 11 is 1.54. The van der Waals surface area contributed by atoms with E-state index in [-0.39, 0.29) is 0 Å². The first-order chi connectivity index (χ1) is 8.26. The van der Waals surface area contributed by atoms with Gasteiger partial charge in [0.2, 0.25) is 0 Å². The van der Waals surface area contributed by atoms with E-state index >= 15 is 0 Å². The number of H-pyrrole nitrogens is 1. The summed E-state index contributed by atoms with van der Waals surface area (Å²) in [6, 6.07) is 3.93. The molecule has 0 aliphatic rings. The van der Waals surface area contributed by atoms with E-state index in [4.69, 9.17) is 5.73 Å². The van der Waals surface area contributed by atoms with Crippen molar-refractivity contribution in [3.05, 3.63) is 28.2 Å². The number of hydrogen-bond acceptors (Lipinski definition) is 5. The van der Waals surface area contributed by atoms with E-state index in [1.807, 2.05) is 24.4 Å². The topological polar surface area (TPSA) is 80.5 Å². The normalized spacial score (nSPS) is 11.2. The summed E-state index contributed by atoms with van der Waals surface area (Å²) in [7, 11) is 0. The lowest BCUT2D eigenvalue weighted by Gasteiger charge is -1.88. The number of thiazole rings is 1. The minimum absolute atomic E-state index is 0.461. The Kier molecular flexibility index (Phi) is 2.38. The van der Waals surface area contributed by atoms with Crippen molar-refractivity contribution in [1.82, 2.24) is 19.9 Å². The molecular formula is C11H11N5S. The lowest BCUT2D eigenvalue weighted by Crippen LogP contribution is -1.94. The van der Waals surface area contributed by atoms with Crippen molar-refractivity contribution in [3.63, 3.8) is 0 Å². The van der Waals surface area contributed by atoms with E-state index in [1.165, 1.54) is 0 Å². The minimum atomic E-state index is 0.461. The maximum absolute atomic E-state index is 5.54. The van der Waals surface area contributed by atoms with Crippen molar-refractivity contribution < 1.29 is 0 Å². The summed E-state index contributed by atoms with van der Waals surface area (Å²) in [5.74, 6) is 0.744. The number of aromatic amines is 1. The molecule has 0 saturated carbocycles. The van der Waals surface area contributed by atoms with Crippen LogP contribution in [-0.4, -0.2) is 19.9 Å². The zero-order valence-electron chi connectivity index (χ0n) is 9.27. The second kappa shape index (κ2) is 3.90. The quantitative estimate of drug-likeness (QED) is 0.722. The van der Waals surface area contributed by atoms with E-state index in [0.29, 0.717) is 6.54 Å². The van der Waals surface area contributed by atoms with Crippen molar-refractivity contribution in [2.24, 2.45) is 5.73 Å².